The van der Waals surface area contributed by atoms with E-state index >= 15 is 4.39 Å². The molecule has 2 aromatic rings. The van der Waals surface area contributed by atoms with Gasteiger partial charge in [-0.05, 0) is 93.2 Å². The van der Waals surface area contributed by atoms with Crippen LogP contribution in [0, 0.1) is 11.8 Å². The van der Waals surface area contributed by atoms with E-state index in [4.69, 9.17) is 9.47 Å². The standard InChI is InChI=1S/C39H51F4N3O5/c1-4-51-23-31-19-28(33-14-9-29(39(41,42)43)20-35(33)44-17-15-27(16-18-44)36(47)48)21-46(31)37(49)38(40)24-45(30-10-5-25(2)6-11-30)22-34(38)26-7-12-32(50-3)13-8-26/h7-9,12-14,20,25,27-28,30-31,34H,4-6,10-11,15-19,21-24H2,1-3H3,(H,47,48)/t25-,28-,30-,31+,34+,38+/m1/s1. The number of rotatable bonds is 10. The van der Waals surface area contributed by atoms with Gasteiger partial charge in [-0.3, -0.25) is 14.5 Å². The molecule has 1 N–H and O–H groups in total. The third-order valence-corrected chi connectivity index (χ3v) is 12.0. The van der Waals surface area contributed by atoms with Crippen LogP contribution in [0.3, 0.4) is 0 Å². The lowest BCUT2D eigenvalue weighted by Gasteiger charge is -2.35. The summed E-state index contributed by atoms with van der Waals surface area (Å²) in [6, 6.07) is 10.7. The first-order chi connectivity index (χ1) is 24.3. The fraction of sp³-hybridized carbons (Fsp3) is 0.641. The van der Waals surface area contributed by atoms with Gasteiger partial charge < -0.3 is 24.4 Å². The van der Waals surface area contributed by atoms with E-state index < -0.39 is 47.2 Å². The summed E-state index contributed by atoms with van der Waals surface area (Å²) in [6.07, 6.45) is 0.527. The van der Waals surface area contributed by atoms with Gasteiger partial charge in [-0.1, -0.05) is 25.1 Å². The van der Waals surface area contributed by atoms with Gasteiger partial charge in [0, 0.05) is 62.9 Å². The van der Waals surface area contributed by atoms with E-state index in [1.807, 2.05) is 24.0 Å². The molecule has 4 fully saturated rings. The number of methoxy groups -OCH3 is 1. The molecule has 8 nitrogen and oxygen atoms in total. The molecule has 3 saturated heterocycles. The van der Waals surface area contributed by atoms with Crippen LogP contribution < -0.4 is 9.64 Å². The van der Waals surface area contributed by atoms with Gasteiger partial charge in [-0.15, -0.1) is 0 Å². The summed E-state index contributed by atoms with van der Waals surface area (Å²) in [5.74, 6) is -1.86. The molecule has 6 rings (SSSR count). The SMILES string of the molecule is CCOC[C@@H]1C[C@@H](c2ccc(C(F)(F)F)cc2N2CCC(C(=O)O)CC2)CN1C(=O)[C@]1(F)CN([C@H]2CC[C@H](C)CC2)C[C@H]1c1ccc(OC)cc1. The summed E-state index contributed by atoms with van der Waals surface area (Å²) in [5, 5.41) is 9.52. The highest BCUT2D eigenvalue weighted by molar-refractivity contribution is 5.88. The Morgan fingerprint density at radius 3 is 2.27 bits per heavy atom. The molecule has 0 radical (unpaired) electrons. The smallest absolute Gasteiger partial charge is 0.416 e. The molecule has 12 heteroatoms. The van der Waals surface area contributed by atoms with Crippen LogP contribution in [0.15, 0.2) is 42.5 Å². The lowest BCUT2D eigenvalue weighted by atomic mass is 9.85. The first-order valence-electron chi connectivity index (χ1n) is 18.5. The normalized spacial score (nSPS) is 29.4. The number of hydrogen-bond donors (Lipinski definition) is 1. The van der Waals surface area contributed by atoms with Gasteiger partial charge >= 0.3 is 12.1 Å². The molecular weight excluding hydrogens is 666 g/mol. The van der Waals surface area contributed by atoms with Crippen molar-refractivity contribution in [3.05, 3.63) is 59.2 Å². The number of amides is 1. The number of carbonyl (C=O) groups is 2. The van der Waals surface area contributed by atoms with Gasteiger partial charge in [0.15, 0.2) is 0 Å². The minimum atomic E-state index is -4.57. The molecule has 0 aromatic heterocycles. The number of alkyl halides is 4. The molecule has 0 unspecified atom stereocenters. The minimum absolute atomic E-state index is 0.0197. The van der Waals surface area contributed by atoms with Gasteiger partial charge in [0.2, 0.25) is 5.67 Å². The Bertz CT molecular complexity index is 1520. The van der Waals surface area contributed by atoms with Gasteiger partial charge in [-0.2, -0.15) is 13.2 Å². The molecule has 280 valence electrons. The quantitative estimate of drug-likeness (QED) is 0.262. The Labute approximate surface area is 298 Å². The monoisotopic (exact) mass is 717 g/mol. The maximum absolute atomic E-state index is 18.0. The predicted molar refractivity (Wildman–Crippen MR) is 186 cm³/mol. The van der Waals surface area contributed by atoms with Crippen LogP contribution in [0.1, 0.15) is 87.3 Å². The van der Waals surface area contributed by atoms with Crippen molar-refractivity contribution in [2.45, 2.75) is 94.6 Å². The molecule has 3 aliphatic heterocycles. The van der Waals surface area contributed by atoms with E-state index in [-0.39, 0.29) is 31.7 Å². The van der Waals surface area contributed by atoms with Gasteiger partial charge in [0.25, 0.3) is 5.91 Å². The van der Waals surface area contributed by atoms with E-state index in [1.54, 1.807) is 24.1 Å². The Hall–Kier alpha value is -3.38. The molecule has 4 aliphatic rings. The maximum Gasteiger partial charge on any atom is 0.416 e. The van der Waals surface area contributed by atoms with E-state index in [9.17, 15) is 27.9 Å². The molecular formula is C39H51F4N3O5. The van der Waals surface area contributed by atoms with Gasteiger partial charge in [-0.25, -0.2) is 4.39 Å². The Kier molecular flexibility index (Phi) is 11.2. The molecule has 3 heterocycles. The van der Waals surface area contributed by atoms with Crippen molar-refractivity contribution in [2.24, 2.45) is 11.8 Å². The first kappa shape index (κ1) is 37.4. The topological polar surface area (TPSA) is 82.5 Å². The third-order valence-electron chi connectivity index (χ3n) is 12.0. The number of carboxylic acids is 1. The van der Waals surface area contributed by atoms with Crippen LogP contribution in [0.2, 0.25) is 0 Å². The second kappa shape index (κ2) is 15.3. The average molecular weight is 718 g/mol. The number of ether oxygens (including phenoxy) is 2. The highest BCUT2D eigenvalue weighted by Gasteiger charge is 2.58. The molecule has 51 heavy (non-hydrogen) atoms. The minimum Gasteiger partial charge on any atom is -0.497 e. The van der Waals surface area contributed by atoms with E-state index in [2.05, 4.69) is 11.8 Å². The number of aliphatic carboxylic acids is 1. The zero-order chi connectivity index (χ0) is 36.5. The van der Waals surface area contributed by atoms with Crippen LogP contribution in [0.4, 0.5) is 23.2 Å². The first-order valence-corrected chi connectivity index (χ1v) is 18.5. The molecule has 1 aliphatic carbocycles. The highest BCUT2D eigenvalue weighted by Crippen LogP contribution is 2.47. The average Bonchev–Trinajstić information content (AvgIpc) is 3.72. The van der Waals surface area contributed by atoms with Crippen molar-refractivity contribution in [1.29, 1.82) is 0 Å². The molecule has 2 aromatic carbocycles. The summed E-state index contributed by atoms with van der Waals surface area (Å²) >= 11 is 0. The Balaban J connectivity index is 1.32. The van der Waals surface area contributed by atoms with Crippen LogP contribution in [0.5, 0.6) is 5.75 Å². The van der Waals surface area contributed by atoms with Crippen LogP contribution >= 0.6 is 0 Å². The summed E-state index contributed by atoms with van der Waals surface area (Å²) in [6.45, 7) is 5.82. The molecule has 1 amide bonds. The summed E-state index contributed by atoms with van der Waals surface area (Å²) in [7, 11) is 1.57. The van der Waals surface area contributed by atoms with Gasteiger partial charge in [0.05, 0.1) is 31.2 Å². The summed E-state index contributed by atoms with van der Waals surface area (Å²) < 4.78 is 71.1. The van der Waals surface area contributed by atoms with Gasteiger partial charge in [0.1, 0.15) is 5.75 Å². The summed E-state index contributed by atoms with van der Waals surface area (Å²) in [4.78, 5) is 32.0. The number of anilines is 1. The molecule has 0 spiro atoms. The number of likely N-dealkylation sites (tertiary alicyclic amines) is 2. The predicted octanol–water partition coefficient (Wildman–Crippen LogP) is 7.12. The van der Waals surface area contributed by atoms with Crippen molar-refractivity contribution >= 4 is 17.6 Å². The molecule has 1 saturated carbocycles. The summed E-state index contributed by atoms with van der Waals surface area (Å²) in [5.41, 5.74) is -1.24. The van der Waals surface area contributed by atoms with E-state index in [0.717, 1.165) is 43.4 Å². The van der Waals surface area contributed by atoms with Crippen molar-refractivity contribution < 1.29 is 41.7 Å². The van der Waals surface area contributed by atoms with E-state index in [1.165, 1.54) is 6.07 Å². The largest absolute Gasteiger partial charge is 0.497 e. The number of hydrogen-bond acceptors (Lipinski definition) is 6. The Morgan fingerprint density at radius 2 is 1.67 bits per heavy atom. The van der Waals surface area contributed by atoms with Crippen molar-refractivity contribution in [1.82, 2.24) is 9.80 Å². The second-order valence-corrected chi connectivity index (χ2v) is 15.1. The molecule has 0 bridgehead atoms. The number of benzene rings is 2. The number of carbonyl (C=O) groups excluding carboxylic acids is 1. The highest BCUT2D eigenvalue weighted by atomic mass is 19.4. The zero-order valence-corrected chi connectivity index (χ0v) is 29.8. The molecule has 4 atom stereocenters. The van der Waals surface area contributed by atoms with Crippen LogP contribution in [0.25, 0.3) is 0 Å². The fourth-order valence-electron chi connectivity index (χ4n) is 8.91. The number of piperidine rings is 1. The fourth-order valence-corrected chi connectivity index (χ4v) is 8.91. The number of nitrogens with zero attached hydrogens (tertiary/aromatic N) is 3. The lowest BCUT2D eigenvalue weighted by molar-refractivity contribution is -0.146. The number of halogens is 4. The lowest BCUT2D eigenvalue weighted by Crippen LogP contribution is -2.53. The van der Waals surface area contributed by atoms with Crippen molar-refractivity contribution in [2.75, 3.05) is 57.9 Å². The van der Waals surface area contributed by atoms with Crippen molar-refractivity contribution in [3.63, 3.8) is 0 Å². The van der Waals surface area contributed by atoms with Crippen LogP contribution in [-0.2, 0) is 20.5 Å². The number of carboxylic acid groups (broad SMARTS) is 1. The second-order valence-electron chi connectivity index (χ2n) is 15.1. The third kappa shape index (κ3) is 7.87. The Morgan fingerprint density at radius 1 is 0.980 bits per heavy atom. The van der Waals surface area contributed by atoms with Crippen LogP contribution in [-0.4, -0.2) is 97.6 Å². The van der Waals surface area contributed by atoms with E-state index in [0.29, 0.717) is 68.4 Å². The van der Waals surface area contributed by atoms with Crippen molar-refractivity contribution in [3.8, 4) is 5.75 Å². The zero-order valence-electron chi connectivity index (χ0n) is 29.8. The maximum atomic E-state index is 18.0.